The lowest BCUT2D eigenvalue weighted by Crippen LogP contribution is -2.36. The van der Waals surface area contributed by atoms with Gasteiger partial charge >= 0.3 is 0 Å². The number of benzene rings is 1. The van der Waals surface area contributed by atoms with Gasteiger partial charge in [0.1, 0.15) is 0 Å². The molecule has 1 aliphatic carbocycles. The maximum Gasteiger partial charge on any atom is 0.265 e. The van der Waals surface area contributed by atoms with E-state index in [1.54, 1.807) is 25.1 Å². The molecule has 2 amide bonds. The molecule has 2 heterocycles. The first kappa shape index (κ1) is 15.7. The van der Waals surface area contributed by atoms with Crippen molar-refractivity contribution >= 4 is 17.5 Å². The van der Waals surface area contributed by atoms with Gasteiger partial charge in [-0.3, -0.25) is 14.3 Å². The maximum atomic E-state index is 12.9. The van der Waals surface area contributed by atoms with Gasteiger partial charge in [0.25, 0.3) is 11.8 Å². The molecule has 0 fully saturated rings. The Morgan fingerprint density at radius 2 is 2.28 bits per heavy atom. The third-order valence-corrected chi connectivity index (χ3v) is 4.86. The molecule has 2 atom stereocenters. The standard InChI is InChI=1S/C18H20N4O3/c1-10-17(23)21-14-7-3-5-11(16(14)25-10)18(24)20-13-6-4-8-15-12(13)9-19-22(15)2/h3,5,7,9-10,13H,4,6,8H2,1-2H3,(H,20,24)(H,21,23). The molecule has 0 spiro atoms. The first-order chi connectivity index (χ1) is 12.0. The average Bonchev–Trinajstić information content (AvgIpc) is 2.98. The largest absolute Gasteiger partial charge is 0.478 e. The van der Waals surface area contributed by atoms with Gasteiger partial charge in [0.2, 0.25) is 0 Å². The van der Waals surface area contributed by atoms with E-state index in [-0.39, 0.29) is 17.9 Å². The summed E-state index contributed by atoms with van der Waals surface area (Å²) >= 11 is 0. The van der Waals surface area contributed by atoms with Crippen LogP contribution in [0.3, 0.4) is 0 Å². The van der Waals surface area contributed by atoms with Crippen LogP contribution in [0.4, 0.5) is 5.69 Å². The molecule has 2 aliphatic rings. The highest BCUT2D eigenvalue weighted by molar-refractivity contribution is 6.04. The Bertz CT molecular complexity index is 858. The Labute approximate surface area is 145 Å². The second-order valence-electron chi connectivity index (χ2n) is 6.52. The summed E-state index contributed by atoms with van der Waals surface area (Å²) in [5.41, 5.74) is 3.21. The van der Waals surface area contributed by atoms with E-state index in [1.807, 2.05) is 17.9 Å². The van der Waals surface area contributed by atoms with Crippen molar-refractivity contribution in [3.63, 3.8) is 0 Å². The number of fused-ring (bicyclic) bond motifs is 2. The number of carbonyl (C=O) groups excluding carboxylic acids is 2. The first-order valence-corrected chi connectivity index (χ1v) is 8.46. The highest BCUT2D eigenvalue weighted by atomic mass is 16.5. The van der Waals surface area contributed by atoms with Gasteiger partial charge in [-0.25, -0.2) is 0 Å². The van der Waals surface area contributed by atoms with Crippen LogP contribution in [-0.2, 0) is 18.3 Å². The van der Waals surface area contributed by atoms with Crippen molar-refractivity contribution in [2.75, 3.05) is 5.32 Å². The second-order valence-corrected chi connectivity index (χ2v) is 6.52. The van der Waals surface area contributed by atoms with Gasteiger partial charge in [0.15, 0.2) is 11.9 Å². The molecule has 25 heavy (non-hydrogen) atoms. The summed E-state index contributed by atoms with van der Waals surface area (Å²) < 4.78 is 7.54. The third kappa shape index (κ3) is 2.65. The van der Waals surface area contributed by atoms with Crippen LogP contribution >= 0.6 is 0 Å². The summed E-state index contributed by atoms with van der Waals surface area (Å²) in [6.07, 6.45) is 4.08. The van der Waals surface area contributed by atoms with E-state index in [2.05, 4.69) is 15.7 Å². The highest BCUT2D eigenvalue weighted by Crippen LogP contribution is 2.34. The summed E-state index contributed by atoms with van der Waals surface area (Å²) in [6, 6.07) is 5.13. The van der Waals surface area contributed by atoms with E-state index in [0.29, 0.717) is 17.0 Å². The molecule has 7 nitrogen and oxygen atoms in total. The lowest BCUT2D eigenvalue weighted by Gasteiger charge is -2.27. The Hall–Kier alpha value is -2.83. The maximum absolute atomic E-state index is 12.9. The SMILES string of the molecule is CC1Oc2c(cccc2C(=O)NC2CCCc3c2cnn3C)NC1=O. The van der Waals surface area contributed by atoms with Gasteiger partial charge in [-0.2, -0.15) is 5.10 Å². The fraction of sp³-hybridized carbons (Fsp3) is 0.389. The fourth-order valence-corrected chi connectivity index (χ4v) is 3.50. The van der Waals surface area contributed by atoms with Crippen LogP contribution in [0.1, 0.15) is 47.4 Å². The predicted molar refractivity (Wildman–Crippen MR) is 91.5 cm³/mol. The molecule has 1 aromatic carbocycles. The number of ether oxygens (including phenoxy) is 1. The van der Waals surface area contributed by atoms with Gasteiger partial charge in [0.05, 0.1) is 23.5 Å². The van der Waals surface area contributed by atoms with Crippen molar-refractivity contribution in [3.05, 3.63) is 41.2 Å². The van der Waals surface area contributed by atoms with Gasteiger partial charge < -0.3 is 15.4 Å². The average molecular weight is 340 g/mol. The Morgan fingerprint density at radius 1 is 1.44 bits per heavy atom. The third-order valence-electron chi connectivity index (χ3n) is 4.86. The molecule has 2 aromatic rings. The highest BCUT2D eigenvalue weighted by Gasteiger charge is 2.30. The van der Waals surface area contributed by atoms with Crippen LogP contribution in [0.5, 0.6) is 5.75 Å². The van der Waals surface area contributed by atoms with Gasteiger partial charge in [-0.05, 0) is 38.3 Å². The molecule has 4 rings (SSSR count). The van der Waals surface area contributed by atoms with Gasteiger partial charge in [-0.15, -0.1) is 0 Å². The van der Waals surface area contributed by atoms with E-state index in [0.717, 1.165) is 24.8 Å². The van der Waals surface area contributed by atoms with E-state index < -0.39 is 6.10 Å². The van der Waals surface area contributed by atoms with Crippen LogP contribution < -0.4 is 15.4 Å². The van der Waals surface area contributed by atoms with Crippen LogP contribution in [0, 0.1) is 0 Å². The molecule has 1 aromatic heterocycles. The summed E-state index contributed by atoms with van der Waals surface area (Å²) in [5, 5.41) is 10.2. The number of hydrogen-bond acceptors (Lipinski definition) is 4. The molecule has 0 radical (unpaired) electrons. The van der Waals surface area contributed by atoms with Crippen LogP contribution in [0.15, 0.2) is 24.4 Å². The zero-order chi connectivity index (χ0) is 17.6. The van der Waals surface area contributed by atoms with Crippen LogP contribution in [-0.4, -0.2) is 27.7 Å². The molecule has 0 saturated heterocycles. The normalized spacial score (nSPS) is 21.6. The zero-order valence-corrected chi connectivity index (χ0v) is 14.2. The van der Waals surface area contributed by atoms with Crippen LogP contribution in [0.25, 0.3) is 0 Å². The molecule has 0 saturated carbocycles. The molecular formula is C18H20N4O3. The number of para-hydroxylation sites is 1. The van der Waals surface area contributed by atoms with Crippen molar-refractivity contribution in [3.8, 4) is 5.75 Å². The number of nitrogens with one attached hydrogen (secondary N) is 2. The lowest BCUT2D eigenvalue weighted by molar-refractivity contribution is -0.122. The number of rotatable bonds is 2. The van der Waals surface area contributed by atoms with Crippen molar-refractivity contribution in [2.24, 2.45) is 7.05 Å². The number of aromatic nitrogens is 2. The number of aryl methyl sites for hydroxylation is 1. The summed E-state index contributed by atoms with van der Waals surface area (Å²) in [6.45, 7) is 1.66. The number of hydrogen-bond donors (Lipinski definition) is 2. The van der Waals surface area contributed by atoms with Crippen molar-refractivity contribution in [2.45, 2.75) is 38.3 Å². The minimum absolute atomic E-state index is 0.0589. The Balaban J connectivity index is 1.61. The number of amides is 2. The molecule has 7 heteroatoms. The minimum atomic E-state index is -0.624. The van der Waals surface area contributed by atoms with E-state index in [9.17, 15) is 9.59 Å². The summed E-state index contributed by atoms with van der Waals surface area (Å²) in [5.74, 6) is 0.00793. The minimum Gasteiger partial charge on any atom is -0.478 e. The van der Waals surface area contributed by atoms with Crippen molar-refractivity contribution in [1.82, 2.24) is 15.1 Å². The monoisotopic (exact) mass is 340 g/mol. The number of nitrogens with zero attached hydrogens (tertiary/aromatic N) is 2. The molecular weight excluding hydrogens is 320 g/mol. The Morgan fingerprint density at radius 3 is 3.12 bits per heavy atom. The Kier molecular flexibility index (Phi) is 3.71. The topological polar surface area (TPSA) is 85.2 Å². The van der Waals surface area contributed by atoms with Gasteiger partial charge in [0, 0.05) is 18.3 Å². The van der Waals surface area contributed by atoms with Crippen molar-refractivity contribution in [1.29, 1.82) is 0 Å². The van der Waals surface area contributed by atoms with E-state index >= 15 is 0 Å². The smallest absolute Gasteiger partial charge is 0.265 e. The van der Waals surface area contributed by atoms with E-state index in [4.69, 9.17) is 4.74 Å². The number of anilines is 1. The first-order valence-electron chi connectivity index (χ1n) is 8.46. The molecule has 0 bridgehead atoms. The molecule has 1 aliphatic heterocycles. The van der Waals surface area contributed by atoms with Crippen LogP contribution in [0.2, 0.25) is 0 Å². The van der Waals surface area contributed by atoms with E-state index in [1.165, 1.54) is 5.69 Å². The van der Waals surface area contributed by atoms with Crippen molar-refractivity contribution < 1.29 is 14.3 Å². The zero-order valence-electron chi connectivity index (χ0n) is 14.2. The molecule has 2 unspecified atom stereocenters. The summed E-state index contributed by atoms with van der Waals surface area (Å²) in [7, 11) is 1.93. The predicted octanol–water partition coefficient (Wildman–Crippen LogP) is 1.95. The second kappa shape index (κ2) is 5.91. The quantitative estimate of drug-likeness (QED) is 0.875. The fourth-order valence-electron chi connectivity index (χ4n) is 3.50. The van der Waals surface area contributed by atoms with Gasteiger partial charge in [-0.1, -0.05) is 6.07 Å². The molecule has 2 N–H and O–H groups in total. The molecule has 130 valence electrons. The summed E-state index contributed by atoms with van der Waals surface area (Å²) in [4.78, 5) is 24.6. The number of carbonyl (C=O) groups is 2. The lowest BCUT2D eigenvalue weighted by atomic mass is 9.92.